The van der Waals surface area contributed by atoms with Crippen molar-refractivity contribution in [1.82, 2.24) is 0 Å². The summed E-state index contributed by atoms with van der Waals surface area (Å²) in [6.07, 6.45) is 0.979. The Labute approximate surface area is 199 Å². The topological polar surface area (TPSA) is 0 Å². The van der Waals surface area contributed by atoms with Crippen LogP contribution >= 0.6 is 23.2 Å². The fourth-order valence-corrected chi connectivity index (χ4v) is 10.6. The monoisotopic (exact) mass is 572 g/mol. The van der Waals surface area contributed by atoms with Crippen LogP contribution in [0.1, 0.15) is 5.56 Å². The van der Waals surface area contributed by atoms with E-state index in [1.165, 1.54) is 21.5 Å². The van der Waals surface area contributed by atoms with E-state index in [9.17, 15) is 0 Å². The first-order valence-corrected chi connectivity index (χ1v) is 12.3. The van der Waals surface area contributed by atoms with Crippen molar-refractivity contribution in [3.8, 4) is 0 Å². The molecule has 0 aromatic heterocycles. The Morgan fingerprint density at radius 1 is 0.517 bits per heavy atom. The lowest BCUT2D eigenvalue weighted by molar-refractivity contribution is -0.00000527. The van der Waals surface area contributed by atoms with Gasteiger partial charge in [-0.15, -0.1) is 0 Å². The van der Waals surface area contributed by atoms with E-state index in [0.29, 0.717) is 4.57 Å². The van der Waals surface area contributed by atoms with Gasteiger partial charge in [-0.25, -0.2) is 0 Å². The van der Waals surface area contributed by atoms with Gasteiger partial charge in [0.15, 0.2) is 0 Å². The Kier molecular flexibility index (Phi) is 8.06. The van der Waals surface area contributed by atoms with Crippen molar-refractivity contribution in [2.24, 2.45) is 0 Å². The second-order valence-electron chi connectivity index (χ2n) is 6.85. The van der Waals surface area contributed by atoms with Crippen LogP contribution in [0.15, 0.2) is 121 Å². The SMILES string of the molecule is BrC(Cc1ccccc1)[P+](c1ccccc1)(c1ccccc1)c1ccccc1.[I-]. The summed E-state index contributed by atoms with van der Waals surface area (Å²) in [5.74, 6) is 0. The van der Waals surface area contributed by atoms with Crippen molar-refractivity contribution in [2.75, 3.05) is 0 Å². The van der Waals surface area contributed by atoms with Gasteiger partial charge < -0.3 is 24.0 Å². The Hall–Kier alpha value is -1.48. The summed E-state index contributed by atoms with van der Waals surface area (Å²) < 4.78 is 0.301. The second-order valence-corrected chi connectivity index (χ2v) is 12.3. The number of benzene rings is 4. The molecule has 4 aromatic carbocycles. The zero-order chi connectivity index (χ0) is 19.2. The predicted octanol–water partition coefficient (Wildman–Crippen LogP) is 2.95. The number of hydrogen-bond acceptors (Lipinski definition) is 0. The second kappa shape index (κ2) is 10.5. The van der Waals surface area contributed by atoms with Crippen LogP contribution in [-0.2, 0) is 6.42 Å². The van der Waals surface area contributed by atoms with Crippen molar-refractivity contribution >= 4 is 39.1 Å². The molecule has 0 nitrogen and oxygen atoms in total. The van der Waals surface area contributed by atoms with Crippen LogP contribution in [0.3, 0.4) is 0 Å². The van der Waals surface area contributed by atoms with Crippen LogP contribution in [0.5, 0.6) is 0 Å². The Bertz CT molecular complexity index is 895. The van der Waals surface area contributed by atoms with Crippen molar-refractivity contribution in [3.63, 3.8) is 0 Å². The van der Waals surface area contributed by atoms with E-state index in [-0.39, 0.29) is 24.0 Å². The highest BCUT2D eigenvalue weighted by Gasteiger charge is 2.51. The van der Waals surface area contributed by atoms with Gasteiger partial charge in [0.25, 0.3) is 0 Å². The van der Waals surface area contributed by atoms with E-state index in [1.54, 1.807) is 0 Å². The van der Waals surface area contributed by atoms with Crippen molar-refractivity contribution in [3.05, 3.63) is 127 Å². The summed E-state index contributed by atoms with van der Waals surface area (Å²) in [7, 11) is -1.89. The maximum absolute atomic E-state index is 4.20. The van der Waals surface area contributed by atoms with E-state index in [4.69, 9.17) is 0 Å². The molecule has 0 aliphatic carbocycles. The Morgan fingerprint density at radius 3 is 1.17 bits per heavy atom. The number of alkyl halides is 1. The summed E-state index contributed by atoms with van der Waals surface area (Å²) in [4.78, 5) is 0. The van der Waals surface area contributed by atoms with E-state index < -0.39 is 7.26 Å². The smallest absolute Gasteiger partial charge is 0.141 e. The summed E-state index contributed by atoms with van der Waals surface area (Å²) in [6.45, 7) is 0. The van der Waals surface area contributed by atoms with Gasteiger partial charge in [0.2, 0.25) is 0 Å². The molecule has 0 bridgehead atoms. The Balaban J connectivity index is 0.00000240. The minimum absolute atomic E-state index is 0. The zero-order valence-electron chi connectivity index (χ0n) is 16.0. The molecule has 1 unspecified atom stereocenters. The van der Waals surface area contributed by atoms with Gasteiger partial charge in [-0.2, -0.15) is 0 Å². The van der Waals surface area contributed by atoms with Gasteiger partial charge in [0.1, 0.15) is 27.7 Å². The molecule has 0 aliphatic heterocycles. The lowest BCUT2D eigenvalue weighted by Crippen LogP contribution is -3.00. The molecule has 1 atom stereocenters. The first-order valence-electron chi connectivity index (χ1n) is 9.55. The molecule has 0 aliphatic rings. The molecule has 0 fully saturated rings. The molecule has 0 saturated carbocycles. The Morgan fingerprint density at radius 2 is 0.828 bits per heavy atom. The molecule has 146 valence electrons. The molecular weight excluding hydrogens is 550 g/mol. The van der Waals surface area contributed by atoms with E-state index in [0.717, 1.165) is 6.42 Å². The van der Waals surface area contributed by atoms with Crippen molar-refractivity contribution < 1.29 is 24.0 Å². The summed E-state index contributed by atoms with van der Waals surface area (Å²) in [5.41, 5.74) is 1.36. The number of halogens is 2. The lowest BCUT2D eigenvalue weighted by Gasteiger charge is -2.32. The molecule has 0 heterocycles. The fraction of sp³-hybridized carbons (Fsp3) is 0.0769. The third-order valence-corrected chi connectivity index (χ3v) is 11.7. The standard InChI is InChI=1S/C26H23BrP.HI/c27-26(21-22-13-5-1-6-14-22)28(23-15-7-2-8-16-23,24-17-9-3-10-18-24)25-19-11-4-12-20-25;/h1-20,26H,21H2;1H/q+1;/p-1. The normalized spacial score (nSPS) is 12.0. The van der Waals surface area contributed by atoms with Gasteiger partial charge >= 0.3 is 0 Å². The molecule has 3 heteroatoms. The molecule has 29 heavy (non-hydrogen) atoms. The summed E-state index contributed by atoms with van der Waals surface area (Å²) >= 11 is 4.20. The highest BCUT2D eigenvalue weighted by molar-refractivity contribution is 9.11. The molecule has 4 rings (SSSR count). The number of rotatable bonds is 6. The van der Waals surface area contributed by atoms with Gasteiger partial charge in [-0.3, -0.25) is 0 Å². The number of hydrogen-bond donors (Lipinski definition) is 0. The van der Waals surface area contributed by atoms with Crippen LogP contribution in [-0.4, -0.2) is 4.57 Å². The minimum Gasteiger partial charge on any atom is -1.00 e. The van der Waals surface area contributed by atoms with Crippen molar-refractivity contribution in [2.45, 2.75) is 11.0 Å². The van der Waals surface area contributed by atoms with Gasteiger partial charge in [0.05, 0.1) is 0 Å². The van der Waals surface area contributed by atoms with Crippen LogP contribution in [0.4, 0.5) is 0 Å². The van der Waals surface area contributed by atoms with Gasteiger partial charge in [-0.05, 0) is 57.9 Å². The van der Waals surface area contributed by atoms with E-state index >= 15 is 0 Å². The molecule has 0 radical (unpaired) electrons. The van der Waals surface area contributed by atoms with E-state index in [1.807, 2.05) is 0 Å². The first kappa shape index (κ1) is 22.2. The maximum atomic E-state index is 4.20. The average molecular weight is 573 g/mol. The quantitative estimate of drug-likeness (QED) is 0.189. The average Bonchev–Trinajstić information content (AvgIpc) is 2.77. The molecule has 0 amide bonds. The fourth-order valence-electron chi connectivity index (χ4n) is 3.87. The van der Waals surface area contributed by atoms with Crippen LogP contribution in [0.2, 0.25) is 0 Å². The van der Waals surface area contributed by atoms with Crippen molar-refractivity contribution in [1.29, 1.82) is 0 Å². The zero-order valence-corrected chi connectivity index (χ0v) is 20.7. The van der Waals surface area contributed by atoms with Gasteiger partial charge in [0, 0.05) is 6.42 Å². The molecule has 0 spiro atoms. The highest BCUT2D eigenvalue weighted by atomic mass is 127. The maximum Gasteiger partial charge on any atom is 0.141 e. The van der Waals surface area contributed by atoms with Gasteiger partial charge in [-0.1, -0.05) is 84.9 Å². The summed E-state index contributed by atoms with van der Waals surface area (Å²) in [6, 6.07) is 43.9. The summed E-state index contributed by atoms with van der Waals surface area (Å²) in [5, 5.41) is 4.22. The van der Waals surface area contributed by atoms with Crippen LogP contribution < -0.4 is 39.9 Å². The molecular formula is C26H23BrIP. The first-order chi connectivity index (χ1) is 13.8. The lowest BCUT2D eigenvalue weighted by atomic mass is 10.2. The molecule has 4 aromatic rings. The molecule has 0 N–H and O–H groups in total. The minimum atomic E-state index is -1.89. The van der Waals surface area contributed by atoms with E-state index in [2.05, 4.69) is 137 Å². The third kappa shape index (κ3) is 4.66. The third-order valence-electron chi connectivity index (χ3n) is 5.16. The van der Waals surface area contributed by atoms with Crippen LogP contribution in [0, 0.1) is 0 Å². The predicted molar refractivity (Wildman–Crippen MR) is 128 cm³/mol. The molecule has 0 saturated heterocycles. The highest BCUT2D eigenvalue weighted by Crippen LogP contribution is 2.62. The largest absolute Gasteiger partial charge is 1.00 e. The van der Waals surface area contributed by atoms with Crippen LogP contribution in [0.25, 0.3) is 0 Å².